The first kappa shape index (κ1) is 21.4. The largest absolute Gasteiger partial charge is 0.491 e. The first-order valence-corrected chi connectivity index (χ1v) is 7.14. The number of halogens is 8. The third-order valence-corrected chi connectivity index (χ3v) is 4.43. The molecule has 2 atom stereocenters. The van der Waals surface area contributed by atoms with Gasteiger partial charge in [-0.05, 0) is 6.42 Å². The van der Waals surface area contributed by atoms with Crippen molar-refractivity contribution in [2.24, 2.45) is 10.8 Å². The Bertz CT molecular complexity index is 499. The van der Waals surface area contributed by atoms with Gasteiger partial charge in [-0.25, -0.2) is 9.13 Å². The highest BCUT2D eigenvalue weighted by Gasteiger charge is 2.89. The molecule has 2 unspecified atom stereocenters. The zero-order valence-corrected chi connectivity index (χ0v) is 14.0. The van der Waals surface area contributed by atoms with Crippen LogP contribution in [0.3, 0.4) is 0 Å². The van der Waals surface area contributed by atoms with E-state index in [-0.39, 0.29) is 0 Å². The number of ether oxygens (including phenoxy) is 2. The van der Waals surface area contributed by atoms with Crippen LogP contribution in [0, 0.1) is 10.8 Å². The summed E-state index contributed by atoms with van der Waals surface area (Å²) in [7, 11) is 0. The van der Waals surface area contributed by atoms with Crippen LogP contribution in [-0.4, -0.2) is 29.8 Å². The van der Waals surface area contributed by atoms with E-state index in [2.05, 4.69) is 9.47 Å². The first-order chi connectivity index (χ1) is 10.2. The molecule has 0 saturated carbocycles. The smallest absolute Gasteiger partial charge is 0.251 e. The average molecular weight is 372 g/mol. The van der Waals surface area contributed by atoms with E-state index in [0.29, 0.717) is 34.6 Å². The Morgan fingerprint density at radius 2 is 1.12 bits per heavy atom. The van der Waals surface area contributed by atoms with E-state index in [1.54, 1.807) is 0 Å². The molecule has 144 valence electrons. The topological polar surface area (TPSA) is 18.5 Å². The van der Waals surface area contributed by atoms with Crippen molar-refractivity contribution in [1.29, 1.82) is 0 Å². The molecule has 0 bridgehead atoms. The highest BCUT2D eigenvalue weighted by molar-refractivity contribution is 5.13. The van der Waals surface area contributed by atoms with Crippen molar-refractivity contribution >= 4 is 0 Å². The minimum absolute atomic E-state index is 0.577. The molecule has 1 fully saturated rings. The Balaban J connectivity index is 3.73. The van der Waals surface area contributed by atoms with Crippen molar-refractivity contribution < 1.29 is 44.6 Å². The van der Waals surface area contributed by atoms with Crippen LogP contribution in [0.5, 0.6) is 0 Å². The molecule has 1 saturated heterocycles. The lowest BCUT2D eigenvalue weighted by atomic mass is 9.72. The van der Waals surface area contributed by atoms with Crippen molar-refractivity contribution in [3.8, 4) is 0 Å². The van der Waals surface area contributed by atoms with Crippen LogP contribution in [0.15, 0.2) is 0 Å². The molecule has 0 N–H and O–H groups in total. The van der Waals surface area contributed by atoms with E-state index in [4.69, 9.17) is 0 Å². The van der Waals surface area contributed by atoms with E-state index in [1.165, 1.54) is 0 Å². The molecule has 1 aliphatic heterocycles. The molecule has 0 aliphatic carbocycles. The molecule has 10 heteroatoms. The van der Waals surface area contributed by atoms with Gasteiger partial charge in [-0.3, -0.25) is 4.74 Å². The van der Waals surface area contributed by atoms with Crippen molar-refractivity contribution in [1.82, 2.24) is 0 Å². The van der Waals surface area contributed by atoms with Gasteiger partial charge in [0.1, 0.15) is 0 Å². The Labute approximate surface area is 134 Å². The van der Waals surface area contributed by atoms with Crippen LogP contribution in [-0.2, 0) is 9.47 Å². The minimum atomic E-state index is -5.74. The lowest BCUT2D eigenvalue weighted by molar-refractivity contribution is -0.606. The van der Waals surface area contributed by atoms with E-state index in [9.17, 15) is 35.1 Å². The molecule has 1 aliphatic rings. The van der Waals surface area contributed by atoms with E-state index < -0.39 is 47.1 Å². The maximum Gasteiger partial charge on any atom is 0.491 e. The molecule has 0 aromatic heterocycles. The highest BCUT2D eigenvalue weighted by Crippen LogP contribution is 2.65. The van der Waals surface area contributed by atoms with Crippen LogP contribution in [0.25, 0.3) is 0 Å². The van der Waals surface area contributed by atoms with Crippen LogP contribution in [0.1, 0.15) is 48.0 Å². The number of hydrogen-bond acceptors (Lipinski definition) is 2. The van der Waals surface area contributed by atoms with Crippen LogP contribution >= 0.6 is 0 Å². The first-order valence-electron chi connectivity index (χ1n) is 7.14. The van der Waals surface area contributed by atoms with Crippen LogP contribution < -0.4 is 0 Å². The van der Waals surface area contributed by atoms with Crippen molar-refractivity contribution in [2.45, 2.75) is 77.8 Å². The Morgan fingerprint density at radius 1 is 0.750 bits per heavy atom. The van der Waals surface area contributed by atoms with E-state index in [1.807, 2.05) is 0 Å². The second kappa shape index (κ2) is 5.18. The van der Waals surface area contributed by atoms with Gasteiger partial charge in [-0.2, -0.15) is 22.0 Å². The van der Waals surface area contributed by atoms with E-state index in [0.717, 1.165) is 6.92 Å². The molecule has 0 amide bonds. The lowest BCUT2D eigenvalue weighted by Gasteiger charge is -2.55. The molecular weight excluding hydrogens is 352 g/mol. The van der Waals surface area contributed by atoms with Crippen LogP contribution in [0.4, 0.5) is 35.1 Å². The SMILES string of the molecule is CCC(C)(C)C(F)(F)C1(F)OC(F)(F)OC(F)(C(C)(C)C)C1(F)F. The fourth-order valence-electron chi connectivity index (χ4n) is 2.23. The summed E-state index contributed by atoms with van der Waals surface area (Å²) in [6.45, 7) is 4.53. The van der Waals surface area contributed by atoms with Gasteiger partial charge >= 0.3 is 24.0 Å². The third-order valence-electron chi connectivity index (χ3n) is 4.43. The molecule has 0 aromatic rings. The fourth-order valence-corrected chi connectivity index (χ4v) is 2.23. The van der Waals surface area contributed by atoms with Gasteiger partial charge in [-0.1, -0.05) is 41.5 Å². The lowest BCUT2D eigenvalue weighted by Crippen LogP contribution is -2.78. The predicted octanol–water partition coefficient (Wildman–Crippen LogP) is 5.67. The van der Waals surface area contributed by atoms with Gasteiger partial charge < -0.3 is 0 Å². The Hall–Kier alpha value is -0.640. The summed E-state index contributed by atoms with van der Waals surface area (Å²) in [5, 5.41) is 0. The molecular formula is C14H20F8O2. The summed E-state index contributed by atoms with van der Waals surface area (Å²) in [4.78, 5) is 0. The summed E-state index contributed by atoms with van der Waals surface area (Å²) in [5.41, 5.74) is -5.02. The summed E-state index contributed by atoms with van der Waals surface area (Å²) < 4.78 is 121. The maximum absolute atomic E-state index is 14.8. The number of rotatable bonds is 3. The average Bonchev–Trinajstić information content (AvgIpc) is 2.33. The maximum atomic E-state index is 14.8. The van der Waals surface area contributed by atoms with Gasteiger partial charge in [0.25, 0.3) is 5.85 Å². The van der Waals surface area contributed by atoms with Gasteiger partial charge in [0, 0.05) is 10.8 Å². The second-order valence-electron chi connectivity index (χ2n) is 7.49. The highest BCUT2D eigenvalue weighted by atomic mass is 19.3. The van der Waals surface area contributed by atoms with Gasteiger partial charge in [-0.15, -0.1) is 8.78 Å². The van der Waals surface area contributed by atoms with Crippen LogP contribution in [0.2, 0.25) is 0 Å². The molecule has 2 nitrogen and oxygen atoms in total. The summed E-state index contributed by atoms with van der Waals surface area (Å²) in [6.07, 6.45) is -5.90. The standard InChI is InChI=1S/C14H20F8O2/c1-7-9(5,6)10(15,16)13(20)11(17,18)12(19,8(2,3)4)23-14(21,22)24-13/h7H2,1-6H3. The molecule has 1 rings (SSSR count). The van der Waals surface area contributed by atoms with Crippen molar-refractivity contribution in [3.63, 3.8) is 0 Å². The normalized spacial score (nSPS) is 34.2. The monoisotopic (exact) mass is 372 g/mol. The molecule has 0 spiro atoms. The van der Waals surface area contributed by atoms with Gasteiger partial charge in [0.05, 0.1) is 0 Å². The molecule has 0 aromatic carbocycles. The third kappa shape index (κ3) is 2.51. The van der Waals surface area contributed by atoms with Crippen molar-refractivity contribution in [3.05, 3.63) is 0 Å². The molecule has 1 heterocycles. The van der Waals surface area contributed by atoms with Crippen molar-refractivity contribution in [2.75, 3.05) is 0 Å². The molecule has 24 heavy (non-hydrogen) atoms. The molecule has 0 radical (unpaired) electrons. The Morgan fingerprint density at radius 3 is 1.46 bits per heavy atom. The van der Waals surface area contributed by atoms with Gasteiger partial charge in [0.2, 0.25) is 0 Å². The minimum Gasteiger partial charge on any atom is -0.251 e. The number of hydrogen-bond donors (Lipinski definition) is 0. The van der Waals surface area contributed by atoms with Gasteiger partial charge in [0.15, 0.2) is 0 Å². The fraction of sp³-hybridized carbons (Fsp3) is 1.00. The van der Waals surface area contributed by atoms with E-state index >= 15 is 0 Å². The zero-order chi connectivity index (χ0) is 19.6. The summed E-state index contributed by atoms with van der Waals surface area (Å²) in [6, 6.07) is 0. The number of alkyl halides is 8. The summed E-state index contributed by atoms with van der Waals surface area (Å²) in [5.74, 6) is -21.3. The predicted molar refractivity (Wildman–Crippen MR) is 68.2 cm³/mol. The summed E-state index contributed by atoms with van der Waals surface area (Å²) >= 11 is 0. The Kier molecular flexibility index (Phi) is 4.62. The zero-order valence-electron chi connectivity index (χ0n) is 14.0. The quantitative estimate of drug-likeness (QED) is 0.595. The second-order valence-corrected chi connectivity index (χ2v) is 7.49.